The Bertz CT molecular complexity index is 374. The van der Waals surface area contributed by atoms with Crippen LogP contribution in [-0.4, -0.2) is 5.78 Å². The van der Waals surface area contributed by atoms with Crippen molar-refractivity contribution in [3.63, 3.8) is 0 Å². The minimum atomic E-state index is 0.277. The maximum Gasteiger partial charge on any atom is 0.137 e. The predicted molar refractivity (Wildman–Crippen MR) is 73.9 cm³/mol. The summed E-state index contributed by atoms with van der Waals surface area (Å²) in [5.41, 5.74) is 0.944. The standard InChI is InChI=1S/C14H18Cl2O/c1-2-3-4-5-6-12(17)9-11-7-8-13(15)14(16)10-11/h7-8,10H,2-6,9H2,1H3. The molecule has 0 fully saturated rings. The van der Waals surface area contributed by atoms with Crippen molar-refractivity contribution in [2.45, 2.75) is 45.4 Å². The first-order valence-electron chi connectivity index (χ1n) is 6.09. The third-order valence-electron chi connectivity index (χ3n) is 2.69. The van der Waals surface area contributed by atoms with Crippen LogP contribution in [-0.2, 0) is 11.2 Å². The Morgan fingerprint density at radius 2 is 1.88 bits per heavy atom. The second kappa shape index (κ2) is 7.73. The lowest BCUT2D eigenvalue weighted by Crippen LogP contribution is -2.02. The fraction of sp³-hybridized carbons (Fsp3) is 0.500. The number of carbonyl (C=O) groups excluding carboxylic acids is 1. The number of hydrogen-bond donors (Lipinski definition) is 0. The van der Waals surface area contributed by atoms with Crippen LogP contribution >= 0.6 is 23.2 Å². The molecule has 1 aromatic rings. The molecule has 0 amide bonds. The Kier molecular flexibility index (Phi) is 6.61. The normalized spacial score (nSPS) is 10.5. The molecule has 0 atom stereocenters. The van der Waals surface area contributed by atoms with E-state index in [1.165, 1.54) is 12.8 Å². The highest BCUT2D eigenvalue weighted by Gasteiger charge is 2.05. The average molecular weight is 273 g/mol. The molecule has 0 spiro atoms. The third kappa shape index (κ3) is 5.56. The first-order valence-corrected chi connectivity index (χ1v) is 6.84. The summed E-state index contributed by atoms with van der Waals surface area (Å²) in [7, 11) is 0. The molecular formula is C14H18Cl2O. The van der Waals surface area contributed by atoms with Crippen molar-refractivity contribution in [3.05, 3.63) is 33.8 Å². The summed E-state index contributed by atoms with van der Waals surface area (Å²) >= 11 is 11.7. The van der Waals surface area contributed by atoms with Gasteiger partial charge in [0.2, 0.25) is 0 Å². The number of ketones is 1. The zero-order valence-corrected chi connectivity index (χ0v) is 11.7. The third-order valence-corrected chi connectivity index (χ3v) is 3.43. The highest BCUT2D eigenvalue weighted by atomic mass is 35.5. The number of unbranched alkanes of at least 4 members (excludes halogenated alkanes) is 3. The minimum Gasteiger partial charge on any atom is -0.299 e. The maximum absolute atomic E-state index is 11.7. The average Bonchev–Trinajstić information content (AvgIpc) is 2.30. The van der Waals surface area contributed by atoms with Crippen LogP contribution < -0.4 is 0 Å². The van der Waals surface area contributed by atoms with E-state index in [1.54, 1.807) is 12.1 Å². The molecule has 0 saturated heterocycles. The first kappa shape index (κ1) is 14.5. The Hall–Kier alpha value is -0.530. The highest BCUT2D eigenvalue weighted by molar-refractivity contribution is 6.42. The summed E-state index contributed by atoms with van der Waals surface area (Å²) in [6.07, 6.45) is 5.67. The Balaban J connectivity index is 2.37. The summed E-state index contributed by atoms with van der Waals surface area (Å²) in [6.45, 7) is 2.16. The topological polar surface area (TPSA) is 17.1 Å². The van der Waals surface area contributed by atoms with Gasteiger partial charge in [0.05, 0.1) is 10.0 Å². The minimum absolute atomic E-state index is 0.277. The van der Waals surface area contributed by atoms with Gasteiger partial charge in [-0.3, -0.25) is 4.79 Å². The fourth-order valence-electron chi connectivity index (χ4n) is 1.71. The fourth-order valence-corrected chi connectivity index (χ4v) is 2.04. The zero-order chi connectivity index (χ0) is 12.7. The zero-order valence-electron chi connectivity index (χ0n) is 10.1. The van der Waals surface area contributed by atoms with Gasteiger partial charge in [-0.05, 0) is 24.1 Å². The molecule has 0 heterocycles. The van der Waals surface area contributed by atoms with Gasteiger partial charge in [0.1, 0.15) is 5.78 Å². The lowest BCUT2D eigenvalue weighted by Gasteiger charge is -2.03. The smallest absolute Gasteiger partial charge is 0.137 e. The summed E-state index contributed by atoms with van der Waals surface area (Å²) < 4.78 is 0. The molecule has 17 heavy (non-hydrogen) atoms. The molecule has 0 aromatic heterocycles. The van der Waals surface area contributed by atoms with Gasteiger partial charge in [-0.1, -0.05) is 55.5 Å². The van der Waals surface area contributed by atoms with Gasteiger partial charge in [-0.25, -0.2) is 0 Å². The molecule has 1 aromatic carbocycles. The second-order valence-electron chi connectivity index (χ2n) is 4.27. The van der Waals surface area contributed by atoms with Crippen LogP contribution in [0.5, 0.6) is 0 Å². The monoisotopic (exact) mass is 272 g/mol. The van der Waals surface area contributed by atoms with Crippen LogP contribution in [0.3, 0.4) is 0 Å². The number of carbonyl (C=O) groups is 1. The SMILES string of the molecule is CCCCCCC(=O)Cc1ccc(Cl)c(Cl)c1. The van der Waals surface area contributed by atoms with Crippen LogP contribution in [0.25, 0.3) is 0 Å². The van der Waals surface area contributed by atoms with E-state index in [4.69, 9.17) is 23.2 Å². The molecule has 3 heteroatoms. The van der Waals surface area contributed by atoms with Crippen molar-refractivity contribution in [1.29, 1.82) is 0 Å². The lowest BCUT2D eigenvalue weighted by atomic mass is 10.0. The quantitative estimate of drug-likeness (QED) is 0.633. The molecule has 0 bridgehead atoms. The summed E-state index contributed by atoms with van der Waals surface area (Å²) in [6, 6.07) is 5.37. The van der Waals surface area contributed by atoms with Gasteiger partial charge in [-0.2, -0.15) is 0 Å². The van der Waals surface area contributed by atoms with Gasteiger partial charge < -0.3 is 0 Å². The van der Waals surface area contributed by atoms with E-state index in [0.29, 0.717) is 22.9 Å². The van der Waals surface area contributed by atoms with Crippen LogP contribution in [0.15, 0.2) is 18.2 Å². The first-order chi connectivity index (χ1) is 8.13. The predicted octanol–water partition coefficient (Wildman–Crippen LogP) is 5.08. The van der Waals surface area contributed by atoms with E-state index in [0.717, 1.165) is 18.4 Å². The molecule has 94 valence electrons. The van der Waals surface area contributed by atoms with E-state index in [1.807, 2.05) is 6.07 Å². The molecule has 0 aliphatic carbocycles. The molecular weight excluding hydrogens is 255 g/mol. The maximum atomic E-state index is 11.7. The summed E-state index contributed by atoms with van der Waals surface area (Å²) in [4.78, 5) is 11.7. The largest absolute Gasteiger partial charge is 0.299 e. The van der Waals surface area contributed by atoms with E-state index >= 15 is 0 Å². The van der Waals surface area contributed by atoms with E-state index in [2.05, 4.69) is 6.92 Å². The van der Waals surface area contributed by atoms with Crippen molar-refractivity contribution in [1.82, 2.24) is 0 Å². The van der Waals surface area contributed by atoms with Crippen molar-refractivity contribution < 1.29 is 4.79 Å². The van der Waals surface area contributed by atoms with E-state index in [9.17, 15) is 4.79 Å². The van der Waals surface area contributed by atoms with Crippen molar-refractivity contribution in [2.24, 2.45) is 0 Å². The number of benzene rings is 1. The van der Waals surface area contributed by atoms with E-state index in [-0.39, 0.29) is 5.78 Å². The van der Waals surface area contributed by atoms with Gasteiger partial charge in [-0.15, -0.1) is 0 Å². The molecule has 0 aliphatic heterocycles. The van der Waals surface area contributed by atoms with Crippen LogP contribution in [0.1, 0.15) is 44.6 Å². The van der Waals surface area contributed by atoms with Gasteiger partial charge in [0.25, 0.3) is 0 Å². The molecule has 1 nitrogen and oxygen atoms in total. The van der Waals surface area contributed by atoms with Gasteiger partial charge >= 0.3 is 0 Å². The number of halogens is 2. The summed E-state index contributed by atoms with van der Waals surface area (Å²) in [5.74, 6) is 0.277. The number of rotatable bonds is 7. The molecule has 0 saturated carbocycles. The van der Waals surface area contributed by atoms with Gasteiger partial charge in [0.15, 0.2) is 0 Å². The Labute approximate surface area is 113 Å². The Morgan fingerprint density at radius 3 is 2.53 bits per heavy atom. The summed E-state index contributed by atoms with van der Waals surface area (Å²) in [5, 5.41) is 1.05. The molecule has 0 radical (unpaired) electrons. The van der Waals surface area contributed by atoms with E-state index < -0.39 is 0 Å². The molecule has 0 unspecified atom stereocenters. The second-order valence-corrected chi connectivity index (χ2v) is 5.09. The van der Waals surface area contributed by atoms with Gasteiger partial charge in [0, 0.05) is 12.8 Å². The van der Waals surface area contributed by atoms with Crippen molar-refractivity contribution >= 4 is 29.0 Å². The lowest BCUT2D eigenvalue weighted by molar-refractivity contribution is -0.118. The van der Waals surface area contributed by atoms with Crippen LogP contribution in [0.4, 0.5) is 0 Å². The molecule has 0 aliphatic rings. The van der Waals surface area contributed by atoms with Crippen LogP contribution in [0.2, 0.25) is 10.0 Å². The number of Topliss-reactive ketones (excluding diaryl/α,β-unsaturated/α-hetero) is 1. The van der Waals surface area contributed by atoms with Crippen molar-refractivity contribution in [2.75, 3.05) is 0 Å². The number of hydrogen-bond acceptors (Lipinski definition) is 1. The van der Waals surface area contributed by atoms with Crippen LogP contribution in [0, 0.1) is 0 Å². The Morgan fingerprint density at radius 1 is 1.12 bits per heavy atom. The molecule has 0 N–H and O–H groups in total. The molecule has 1 rings (SSSR count). The van der Waals surface area contributed by atoms with Crippen molar-refractivity contribution in [3.8, 4) is 0 Å². The highest BCUT2D eigenvalue weighted by Crippen LogP contribution is 2.23.